The highest BCUT2D eigenvalue weighted by Gasteiger charge is 2.49. The molecule has 0 aliphatic heterocycles. The second-order valence-corrected chi connectivity index (χ2v) is 2.44. The monoisotopic (exact) mass is 176 g/mol. The van der Waals surface area contributed by atoms with Crippen LogP contribution in [0.5, 0.6) is 0 Å². The number of rotatable bonds is 5. The second kappa shape index (κ2) is 3.74. The van der Waals surface area contributed by atoms with Crippen molar-refractivity contribution in [2.45, 2.75) is 25.4 Å². The van der Waals surface area contributed by atoms with E-state index in [-0.39, 0.29) is 12.8 Å². The Morgan fingerprint density at radius 2 is 1.75 bits per heavy atom. The third kappa shape index (κ3) is 1.97. The number of aldehydes is 1. The maximum absolute atomic E-state index is 10.2. The lowest BCUT2D eigenvalue weighted by Gasteiger charge is -2.09. The van der Waals surface area contributed by atoms with Crippen LogP contribution >= 0.6 is 0 Å². The molecule has 0 aliphatic carbocycles. The van der Waals surface area contributed by atoms with Crippen molar-refractivity contribution >= 4 is 6.29 Å². The van der Waals surface area contributed by atoms with E-state index in [1.807, 2.05) is 0 Å². The van der Waals surface area contributed by atoms with E-state index < -0.39 is 15.5 Å². The molecule has 0 atom stereocenters. The summed E-state index contributed by atoms with van der Waals surface area (Å²) in [6, 6.07) is 0. The Morgan fingerprint density at radius 3 is 2.00 bits per heavy atom. The SMILES string of the molecule is CC(CCC=O)([N+](=O)[O-])[N+](=O)[O-]. The minimum Gasteiger partial charge on any atom is -0.303 e. The molecule has 0 saturated heterocycles. The molecule has 7 nitrogen and oxygen atoms in total. The van der Waals surface area contributed by atoms with E-state index in [1.165, 1.54) is 0 Å². The summed E-state index contributed by atoms with van der Waals surface area (Å²) in [5.74, 6) is 0. The number of carbonyl (C=O) groups excluding carboxylic acids is 1. The van der Waals surface area contributed by atoms with E-state index in [9.17, 15) is 25.0 Å². The molecule has 0 heterocycles. The molecule has 0 radical (unpaired) electrons. The van der Waals surface area contributed by atoms with E-state index in [4.69, 9.17) is 0 Å². The Bertz CT molecular complexity index is 200. The smallest absolute Gasteiger partial charge is 0.303 e. The van der Waals surface area contributed by atoms with Crippen molar-refractivity contribution in [2.75, 3.05) is 0 Å². The molecule has 12 heavy (non-hydrogen) atoms. The number of hydrogen-bond acceptors (Lipinski definition) is 5. The summed E-state index contributed by atoms with van der Waals surface area (Å²) < 4.78 is 0. The van der Waals surface area contributed by atoms with E-state index in [0.29, 0.717) is 6.29 Å². The van der Waals surface area contributed by atoms with Gasteiger partial charge >= 0.3 is 5.66 Å². The first-order valence-corrected chi connectivity index (χ1v) is 3.18. The van der Waals surface area contributed by atoms with Gasteiger partial charge in [0.05, 0.1) is 23.2 Å². The summed E-state index contributed by atoms with van der Waals surface area (Å²) in [4.78, 5) is 28.3. The molecule has 0 unspecified atom stereocenters. The minimum absolute atomic E-state index is 0.182. The lowest BCUT2D eigenvalue weighted by molar-refractivity contribution is -0.792. The average Bonchev–Trinajstić information content (AvgIpc) is 1.99. The van der Waals surface area contributed by atoms with E-state index in [2.05, 4.69) is 0 Å². The van der Waals surface area contributed by atoms with Gasteiger partial charge in [0.15, 0.2) is 0 Å². The molecule has 0 N–H and O–H groups in total. The van der Waals surface area contributed by atoms with Crippen molar-refractivity contribution in [3.8, 4) is 0 Å². The van der Waals surface area contributed by atoms with Crippen molar-refractivity contribution < 1.29 is 14.6 Å². The highest BCUT2D eigenvalue weighted by Crippen LogP contribution is 2.16. The normalized spacial score (nSPS) is 10.8. The van der Waals surface area contributed by atoms with Crippen LogP contribution in [0.15, 0.2) is 0 Å². The van der Waals surface area contributed by atoms with Gasteiger partial charge in [-0.25, -0.2) is 0 Å². The summed E-state index contributed by atoms with van der Waals surface area (Å²) in [5, 5.41) is 20.4. The lowest BCUT2D eigenvalue weighted by Crippen LogP contribution is -2.43. The molecule has 68 valence electrons. The summed E-state index contributed by atoms with van der Waals surface area (Å²) in [5.41, 5.74) is -2.24. The number of carbonyl (C=O) groups is 1. The first-order chi connectivity index (χ1) is 5.45. The van der Waals surface area contributed by atoms with Gasteiger partial charge in [0, 0.05) is 6.42 Å². The molecule has 0 rings (SSSR count). The predicted octanol–water partition coefficient (Wildman–Crippen LogP) is 0.235. The predicted molar refractivity (Wildman–Crippen MR) is 37.7 cm³/mol. The van der Waals surface area contributed by atoms with Crippen molar-refractivity contribution in [3.63, 3.8) is 0 Å². The molecule has 0 aliphatic rings. The van der Waals surface area contributed by atoms with Crippen LogP contribution in [-0.2, 0) is 4.79 Å². The molecule has 0 saturated carbocycles. The Kier molecular flexibility index (Phi) is 3.27. The zero-order valence-corrected chi connectivity index (χ0v) is 6.43. The first-order valence-electron chi connectivity index (χ1n) is 3.18. The van der Waals surface area contributed by atoms with Crippen molar-refractivity contribution in [3.05, 3.63) is 20.2 Å². The zero-order chi connectivity index (χ0) is 9.78. The molecule has 0 bridgehead atoms. The van der Waals surface area contributed by atoms with Crippen LogP contribution in [0.4, 0.5) is 0 Å². The molecule has 0 aromatic carbocycles. The van der Waals surface area contributed by atoms with E-state index in [0.717, 1.165) is 6.92 Å². The van der Waals surface area contributed by atoms with Gasteiger partial charge < -0.3 is 4.79 Å². The van der Waals surface area contributed by atoms with Crippen LogP contribution in [0.2, 0.25) is 0 Å². The largest absolute Gasteiger partial charge is 0.456 e. The van der Waals surface area contributed by atoms with Crippen molar-refractivity contribution in [2.24, 2.45) is 0 Å². The van der Waals surface area contributed by atoms with Gasteiger partial charge in [0.1, 0.15) is 6.29 Å². The molecule has 0 spiro atoms. The molecule has 0 aromatic heterocycles. The van der Waals surface area contributed by atoms with E-state index >= 15 is 0 Å². The minimum atomic E-state index is -2.24. The van der Waals surface area contributed by atoms with Gasteiger partial charge in [0.2, 0.25) is 0 Å². The quantitative estimate of drug-likeness (QED) is 0.258. The maximum Gasteiger partial charge on any atom is 0.456 e. The van der Waals surface area contributed by atoms with Crippen molar-refractivity contribution in [1.82, 2.24) is 0 Å². The number of nitrogens with zero attached hydrogens (tertiary/aromatic N) is 2. The molecule has 7 heteroatoms. The third-order valence-corrected chi connectivity index (χ3v) is 1.52. The summed E-state index contributed by atoms with van der Waals surface area (Å²) in [7, 11) is 0. The average molecular weight is 176 g/mol. The van der Waals surface area contributed by atoms with Gasteiger partial charge in [0.25, 0.3) is 0 Å². The fourth-order valence-corrected chi connectivity index (χ4v) is 0.582. The van der Waals surface area contributed by atoms with Crippen LogP contribution in [0.3, 0.4) is 0 Å². The van der Waals surface area contributed by atoms with Crippen LogP contribution in [0.1, 0.15) is 19.8 Å². The summed E-state index contributed by atoms with van der Waals surface area (Å²) >= 11 is 0. The summed E-state index contributed by atoms with van der Waals surface area (Å²) in [6.07, 6.45) is -0.139. The van der Waals surface area contributed by atoms with Crippen LogP contribution < -0.4 is 0 Å². The fourth-order valence-electron chi connectivity index (χ4n) is 0.582. The summed E-state index contributed by atoms with van der Waals surface area (Å²) in [6.45, 7) is 0.885. The number of nitro groups is 2. The fraction of sp³-hybridized carbons (Fsp3) is 0.800. The molecule has 0 amide bonds. The van der Waals surface area contributed by atoms with Crippen LogP contribution in [0.25, 0.3) is 0 Å². The maximum atomic E-state index is 10.2. The highest BCUT2D eigenvalue weighted by molar-refractivity contribution is 5.49. The lowest BCUT2D eigenvalue weighted by atomic mass is 10.1. The Hall–Kier alpha value is -1.53. The highest BCUT2D eigenvalue weighted by atomic mass is 16.7. The Balaban J connectivity index is 4.50. The molecule has 0 fully saturated rings. The van der Waals surface area contributed by atoms with Gasteiger partial charge in [-0.2, -0.15) is 0 Å². The molecule has 0 aromatic rings. The molecular formula is C5H8N2O5. The molecular weight excluding hydrogens is 168 g/mol. The second-order valence-electron chi connectivity index (χ2n) is 2.44. The van der Waals surface area contributed by atoms with Crippen LogP contribution in [-0.4, -0.2) is 21.8 Å². The van der Waals surface area contributed by atoms with Crippen LogP contribution in [0, 0.1) is 20.2 Å². The topological polar surface area (TPSA) is 103 Å². The standard InChI is InChI=1S/C5H8N2O5/c1-5(6(9)10,7(11)12)3-2-4-8/h4H,2-3H2,1H3. The van der Waals surface area contributed by atoms with Gasteiger partial charge in [-0.15, -0.1) is 0 Å². The Labute approximate surface area is 67.7 Å². The third-order valence-electron chi connectivity index (χ3n) is 1.52. The van der Waals surface area contributed by atoms with Crippen molar-refractivity contribution in [1.29, 1.82) is 0 Å². The van der Waals surface area contributed by atoms with Gasteiger partial charge in [-0.3, -0.25) is 20.2 Å². The zero-order valence-electron chi connectivity index (χ0n) is 6.43. The van der Waals surface area contributed by atoms with Gasteiger partial charge in [-0.1, -0.05) is 0 Å². The first kappa shape index (κ1) is 10.5. The van der Waals surface area contributed by atoms with E-state index in [1.54, 1.807) is 0 Å². The number of hydrogen-bond donors (Lipinski definition) is 0. The Morgan fingerprint density at radius 1 is 1.33 bits per heavy atom. The van der Waals surface area contributed by atoms with Gasteiger partial charge in [-0.05, 0) is 0 Å².